The van der Waals surface area contributed by atoms with Gasteiger partial charge in [0.05, 0.1) is 6.61 Å². The SMILES string of the molecule is NN1C=CC=CCO1. The van der Waals surface area contributed by atoms with Gasteiger partial charge in [0.1, 0.15) is 0 Å². The highest BCUT2D eigenvalue weighted by Crippen LogP contribution is 1.89. The summed E-state index contributed by atoms with van der Waals surface area (Å²) in [6.07, 6.45) is 7.22. The van der Waals surface area contributed by atoms with Gasteiger partial charge in [-0.3, -0.25) is 4.84 Å². The van der Waals surface area contributed by atoms with E-state index in [2.05, 4.69) is 0 Å². The van der Waals surface area contributed by atoms with Crippen molar-refractivity contribution in [1.29, 1.82) is 0 Å². The van der Waals surface area contributed by atoms with E-state index in [9.17, 15) is 0 Å². The van der Waals surface area contributed by atoms with Crippen LogP contribution in [0.3, 0.4) is 0 Å². The molecule has 0 spiro atoms. The van der Waals surface area contributed by atoms with Gasteiger partial charge < -0.3 is 0 Å². The topological polar surface area (TPSA) is 38.5 Å². The van der Waals surface area contributed by atoms with Gasteiger partial charge in [-0.1, -0.05) is 12.2 Å². The number of hydroxylamine groups is 1. The quantitative estimate of drug-likeness (QED) is 0.454. The average molecular weight is 112 g/mol. The van der Waals surface area contributed by atoms with Crippen molar-refractivity contribution in [2.45, 2.75) is 0 Å². The number of hydrogen-bond donors (Lipinski definition) is 1. The number of nitrogens with zero attached hydrogens (tertiary/aromatic N) is 1. The van der Waals surface area contributed by atoms with Crippen LogP contribution in [0, 0.1) is 0 Å². The number of nitrogens with two attached hydrogens (primary N) is 1. The smallest absolute Gasteiger partial charge is 0.0950 e. The van der Waals surface area contributed by atoms with E-state index >= 15 is 0 Å². The maximum absolute atomic E-state index is 5.22. The summed E-state index contributed by atoms with van der Waals surface area (Å²) in [5, 5.41) is 1.18. The minimum atomic E-state index is 0.545. The van der Waals surface area contributed by atoms with Crippen molar-refractivity contribution in [3.8, 4) is 0 Å². The Bertz CT molecular complexity index is 120. The summed E-state index contributed by atoms with van der Waals surface area (Å²) >= 11 is 0. The summed E-state index contributed by atoms with van der Waals surface area (Å²) in [5.74, 6) is 5.22. The van der Waals surface area contributed by atoms with Crippen molar-refractivity contribution in [3.05, 3.63) is 24.4 Å². The summed E-state index contributed by atoms with van der Waals surface area (Å²) in [4.78, 5) is 4.84. The van der Waals surface area contributed by atoms with Crippen LogP contribution in [0.4, 0.5) is 0 Å². The lowest BCUT2D eigenvalue weighted by Gasteiger charge is -2.08. The molecule has 0 aliphatic carbocycles. The first kappa shape index (κ1) is 5.34. The van der Waals surface area contributed by atoms with Crippen LogP contribution in [-0.2, 0) is 4.84 Å². The van der Waals surface area contributed by atoms with Crippen molar-refractivity contribution < 1.29 is 4.84 Å². The molecule has 0 saturated carbocycles. The molecule has 0 amide bonds. The molecule has 0 aromatic rings. The summed E-state index contributed by atoms with van der Waals surface area (Å²) in [5.41, 5.74) is 0. The fraction of sp³-hybridized carbons (Fsp3) is 0.200. The molecule has 0 radical (unpaired) electrons. The molecule has 0 aromatic carbocycles. The Morgan fingerprint density at radius 3 is 3.25 bits per heavy atom. The van der Waals surface area contributed by atoms with Gasteiger partial charge in [-0.05, 0) is 6.08 Å². The van der Waals surface area contributed by atoms with Crippen LogP contribution >= 0.6 is 0 Å². The molecule has 3 heteroatoms. The molecule has 0 unspecified atom stereocenters. The first-order chi connectivity index (χ1) is 3.89. The first-order valence-corrected chi connectivity index (χ1v) is 2.40. The minimum Gasteiger partial charge on any atom is -0.255 e. The lowest BCUT2D eigenvalue weighted by atomic mass is 10.5. The molecule has 0 atom stereocenters. The Kier molecular flexibility index (Phi) is 1.66. The van der Waals surface area contributed by atoms with Gasteiger partial charge in [-0.15, -0.1) is 0 Å². The predicted molar refractivity (Wildman–Crippen MR) is 30.3 cm³/mol. The van der Waals surface area contributed by atoms with Crippen molar-refractivity contribution in [2.24, 2.45) is 5.84 Å². The Balaban J connectivity index is 2.46. The zero-order chi connectivity index (χ0) is 5.82. The largest absolute Gasteiger partial charge is 0.255 e. The third-order valence-electron chi connectivity index (χ3n) is 0.800. The van der Waals surface area contributed by atoms with Crippen LogP contribution < -0.4 is 5.84 Å². The molecular weight excluding hydrogens is 104 g/mol. The zero-order valence-corrected chi connectivity index (χ0v) is 4.45. The summed E-state index contributed by atoms with van der Waals surface area (Å²) in [7, 11) is 0. The minimum absolute atomic E-state index is 0.545. The van der Waals surface area contributed by atoms with Gasteiger partial charge in [-0.25, -0.2) is 5.84 Å². The molecule has 0 bridgehead atoms. The van der Waals surface area contributed by atoms with Crippen LogP contribution in [0.25, 0.3) is 0 Å². The van der Waals surface area contributed by atoms with E-state index in [4.69, 9.17) is 10.7 Å². The van der Waals surface area contributed by atoms with Crippen LogP contribution in [0.2, 0.25) is 0 Å². The van der Waals surface area contributed by atoms with E-state index < -0.39 is 0 Å². The average Bonchev–Trinajstić information content (AvgIpc) is 1.94. The molecule has 2 N–H and O–H groups in total. The Morgan fingerprint density at radius 1 is 1.50 bits per heavy atom. The number of allylic oxidation sites excluding steroid dienone is 2. The summed E-state index contributed by atoms with van der Waals surface area (Å²) < 4.78 is 0. The van der Waals surface area contributed by atoms with Crippen molar-refractivity contribution in [2.75, 3.05) is 6.61 Å². The molecule has 1 aliphatic heterocycles. The molecule has 1 rings (SSSR count). The van der Waals surface area contributed by atoms with Crippen LogP contribution in [0.15, 0.2) is 24.4 Å². The normalized spacial score (nSPS) is 18.9. The number of rotatable bonds is 0. The standard InChI is InChI=1S/C5H8N2O/c6-7-4-2-1-3-5-8-7/h1-4H,5-6H2. The van der Waals surface area contributed by atoms with Crippen LogP contribution in [0.1, 0.15) is 0 Å². The first-order valence-electron chi connectivity index (χ1n) is 2.40. The molecular formula is C5H8N2O. The van der Waals surface area contributed by atoms with Crippen molar-refractivity contribution in [3.63, 3.8) is 0 Å². The lowest BCUT2D eigenvalue weighted by molar-refractivity contribution is -0.108. The van der Waals surface area contributed by atoms with Gasteiger partial charge in [0, 0.05) is 6.20 Å². The van der Waals surface area contributed by atoms with Gasteiger partial charge in [0.15, 0.2) is 0 Å². The van der Waals surface area contributed by atoms with Gasteiger partial charge in [0.2, 0.25) is 0 Å². The molecule has 44 valence electrons. The zero-order valence-electron chi connectivity index (χ0n) is 4.45. The molecule has 1 heterocycles. The predicted octanol–water partition coefficient (Wildman–Crippen LogP) is 0.177. The Morgan fingerprint density at radius 2 is 2.38 bits per heavy atom. The highest BCUT2D eigenvalue weighted by atomic mass is 16.7. The highest BCUT2D eigenvalue weighted by molar-refractivity contribution is 5.02. The van der Waals surface area contributed by atoms with Gasteiger partial charge >= 0.3 is 0 Å². The Labute approximate surface area is 48.0 Å². The monoisotopic (exact) mass is 112 g/mol. The second kappa shape index (κ2) is 2.49. The van der Waals surface area contributed by atoms with E-state index in [1.807, 2.05) is 18.2 Å². The van der Waals surface area contributed by atoms with Crippen LogP contribution in [0.5, 0.6) is 0 Å². The third kappa shape index (κ3) is 1.36. The van der Waals surface area contributed by atoms with E-state index in [0.29, 0.717) is 6.61 Å². The lowest BCUT2D eigenvalue weighted by Crippen LogP contribution is -2.24. The van der Waals surface area contributed by atoms with Crippen molar-refractivity contribution in [1.82, 2.24) is 5.17 Å². The molecule has 0 fully saturated rings. The number of hydrogen-bond acceptors (Lipinski definition) is 3. The fourth-order valence-corrected chi connectivity index (χ4v) is 0.441. The van der Waals surface area contributed by atoms with E-state index in [-0.39, 0.29) is 0 Å². The Hall–Kier alpha value is -0.800. The fourth-order valence-electron chi connectivity index (χ4n) is 0.441. The van der Waals surface area contributed by atoms with Crippen molar-refractivity contribution >= 4 is 0 Å². The van der Waals surface area contributed by atoms with E-state index in [1.54, 1.807) is 6.20 Å². The second-order valence-corrected chi connectivity index (χ2v) is 1.43. The molecule has 8 heavy (non-hydrogen) atoms. The number of hydrazine groups is 1. The molecule has 3 nitrogen and oxygen atoms in total. The molecule has 0 aromatic heterocycles. The van der Waals surface area contributed by atoms with E-state index in [0.717, 1.165) is 0 Å². The highest BCUT2D eigenvalue weighted by Gasteiger charge is 1.88. The third-order valence-corrected chi connectivity index (χ3v) is 0.800. The molecule has 0 saturated heterocycles. The van der Waals surface area contributed by atoms with Gasteiger partial charge in [-0.2, -0.15) is 5.17 Å². The van der Waals surface area contributed by atoms with Crippen LogP contribution in [-0.4, -0.2) is 11.8 Å². The summed E-state index contributed by atoms with van der Waals surface area (Å²) in [6.45, 7) is 0.545. The maximum Gasteiger partial charge on any atom is 0.0950 e. The second-order valence-electron chi connectivity index (χ2n) is 1.43. The van der Waals surface area contributed by atoms with Gasteiger partial charge in [0.25, 0.3) is 0 Å². The van der Waals surface area contributed by atoms with E-state index in [1.165, 1.54) is 5.17 Å². The maximum atomic E-state index is 5.22. The summed E-state index contributed by atoms with van der Waals surface area (Å²) in [6, 6.07) is 0. The molecule has 1 aliphatic rings.